The lowest BCUT2D eigenvalue weighted by Gasteiger charge is -2.11. The van der Waals surface area contributed by atoms with Gasteiger partial charge < -0.3 is 5.32 Å². The number of fused-ring (bicyclic) bond motifs is 1. The molecule has 0 saturated carbocycles. The molecule has 2 aromatic carbocycles. The average Bonchev–Trinajstić information content (AvgIpc) is 2.87. The zero-order chi connectivity index (χ0) is 14.1. The SMILES string of the molecule is O=C(Nc1ccc(Cl)c(Br)c1)C1Cc2ccccc2C1. The molecule has 1 aliphatic carbocycles. The van der Waals surface area contributed by atoms with E-state index in [0.29, 0.717) is 5.02 Å². The maximum atomic E-state index is 12.3. The van der Waals surface area contributed by atoms with Crippen molar-refractivity contribution in [2.45, 2.75) is 12.8 Å². The molecule has 0 unspecified atom stereocenters. The smallest absolute Gasteiger partial charge is 0.228 e. The number of amides is 1. The summed E-state index contributed by atoms with van der Waals surface area (Å²) in [5, 5.41) is 3.59. The van der Waals surface area contributed by atoms with E-state index >= 15 is 0 Å². The summed E-state index contributed by atoms with van der Waals surface area (Å²) in [5.41, 5.74) is 3.33. The Labute approximate surface area is 131 Å². The molecule has 102 valence electrons. The number of benzene rings is 2. The number of carbonyl (C=O) groups excluding carboxylic acids is 1. The summed E-state index contributed by atoms with van der Waals surface area (Å²) in [5.74, 6) is 0.0808. The fourth-order valence-corrected chi connectivity index (χ4v) is 3.06. The van der Waals surface area contributed by atoms with E-state index in [1.165, 1.54) is 11.1 Å². The fraction of sp³-hybridized carbons (Fsp3) is 0.188. The van der Waals surface area contributed by atoms with Gasteiger partial charge in [0.15, 0.2) is 0 Å². The highest BCUT2D eigenvalue weighted by atomic mass is 79.9. The average molecular weight is 351 g/mol. The zero-order valence-electron chi connectivity index (χ0n) is 10.7. The van der Waals surface area contributed by atoms with E-state index in [-0.39, 0.29) is 11.8 Å². The minimum atomic E-state index is 0.0156. The standard InChI is InChI=1S/C16H13BrClNO/c17-14-9-13(5-6-15(14)18)19-16(20)12-7-10-3-1-2-4-11(10)8-12/h1-6,9,12H,7-8H2,(H,19,20). The predicted molar refractivity (Wildman–Crippen MR) is 85.1 cm³/mol. The first-order valence-electron chi connectivity index (χ1n) is 6.46. The van der Waals surface area contributed by atoms with Gasteiger partial charge in [-0.3, -0.25) is 4.79 Å². The van der Waals surface area contributed by atoms with Gasteiger partial charge in [-0.15, -0.1) is 0 Å². The first-order chi connectivity index (χ1) is 9.63. The number of hydrogen-bond acceptors (Lipinski definition) is 1. The second-order valence-electron chi connectivity index (χ2n) is 4.99. The van der Waals surface area contributed by atoms with Gasteiger partial charge in [-0.2, -0.15) is 0 Å². The van der Waals surface area contributed by atoms with Crippen molar-refractivity contribution in [3.05, 3.63) is 63.1 Å². The first-order valence-corrected chi connectivity index (χ1v) is 7.63. The van der Waals surface area contributed by atoms with Crippen LogP contribution in [0.2, 0.25) is 5.02 Å². The van der Waals surface area contributed by atoms with E-state index < -0.39 is 0 Å². The molecule has 0 atom stereocenters. The van der Waals surface area contributed by atoms with Crippen LogP contribution in [0.5, 0.6) is 0 Å². The largest absolute Gasteiger partial charge is 0.326 e. The van der Waals surface area contributed by atoms with Gasteiger partial charge in [-0.05, 0) is 58.1 Å². The predicted octanol–water partition coefficient (Wildman–Crippen LogP) is 4.46. The number of hydrogen-bond donors (Lipinski definition) is 1. The quantitative estimate of drug-likeness (QED) is 0.851. The molecule has 1 aliphatic rings. The Bertz CT molecular complexity index is 646. The van der Waals surface area contributed by atoms with Gasteiger partial charge in [-0.25, -0.2) is 0 Å². The topological polar surface area (TPSA) is 29.1 Å². The van der Waals surface area contributed by atoms with Gasteiger partial charge in [0.1, 0.15) is 0 Å². The van der Waals surface area contributed by atoms with Crippen LogP contribution in [0.3, 0.4) is 0 Å². The van der Waals surface area contributed by atoms with E-state index in [1.807, 2.05) is 24.3 Å². The summed E-state index contributed by atoms with van der Waals surface area (Å²) in [6, 6.07) is 13.6. The fourth-order valence-electron chi connectivity index (χ4n) is 2.56. The van der Waals surface area contributed by atoms with Gasteiger partial charge in [0.2, 0.25) is 5.91 Å². The van der Waals surface area contributed by atoms with Crippen LogP contribution >= 0.6 is 27.5 Å². The van der Waals surface area contributed by atoms with Crippen molar-refractivity contribution in [2.75, 3.05) is 5.32 Å². The van der Waals surface area contributed by atoms with Crippen LogP contribution in [0.25, 0.3) is 0 Å². The maximum Gasteiger partial charge on any atom is 0.228 e. The normalized spacial score (nSPS) is 14.1. The molecule has 0 aliphatic heterocycles. The van der Waals surface area contributed by atoms with Crippen LogP contribution in [0.15, 0.2) is 46.9 Å². The van der Waals surface area contributed by atoms with E-state index in [4.69, 9.17) is 11.6 Å². The summed E-state index contributed by atoms with van der Waals surface area (Å²) < 4.78 is 0.784. The highest BCUT2D eigenvalue weighted by Gasteiger charge is 2.27. The Morgan fingerprint density at radius 1 is 1.15 bits per heavy atom. The monoisotopic (exact) mass is 349 g/mol. The third-order valence-corrected chi connectivity index (χ3v) is 4.82. The first kappa shape index (κ1) is 13.7. The van der Waals surface area contributed by atoms with E-state index in [1.54, 1.807) is 6.07 Å². The van der Waals surface area contributed by atoms with Crippen LogP contribution in [0.1, 0.15) is 11.1 Å². The van der Waals surface area contributed by atoms with Crippen LogP contribution < -0.4 is 5.32 Å². The molecule has 0 saturated heterocycles. The molecule has 0 radical (unpaired) electrons. The van der Waals surface area contributed by atoms with Gasteiger partial charge in [0.25, 0.3) is 0 Å². The third-order valence-electron chi connectivity index (χ3n) is 3.61. The Balaban J connectivity index is 1.71. The number of anilines is 1. The zero-order valence-corrected chi connectivity index (χ0v) is 13.0. The van der Waals surface area contributed by atoms with E-state index in [9.17, 15) is 4.79 Å². The highest BCUT2D eigenvalue weighted by Crippen LogP contribution is 2.29. The van der Waals surface area contributed by atoms with Crippen molar-refractivity contribution < 1.29 is 4.79 Å². The van der Waals surface area contributed by atoms with Crippen molar-refractivity contribution in [3.63, 3.8) is 0 Å². The molecule has 2 nitrogen and oxygen atoms in total. The molecule has 1 amide bonds. The lowest BCUT2D eigenvalue weighted by Crippen LogP contribution is -2.23. The lowest BCUT2D eigenvalue weighted by atomic mass is 10.1. The summed E-state index contributed by atoms with van der Waals surface area (Å²) in [4.78, 5) is 12.3. The summed E-state index contributed by atoms with van der Waals surface area (Å²) in [6.07, 6.45) is 1.63. The van der Waals surface area contributed by atoms with Gasteiger partial charge in [0, 0.05) is 16.1 Å². The molecule has 20 heavy (non-hydrogen) atoms. The Kier molecular flexibility index (Phi) is 3.81. The van der Waals surface area contributed by atoms with Crippen molar-refractivity contribution in [1.29, 1.82) is 0 Å². The third kappa shape index (κ3) is 2.74. The van der Waals surface area contributed by atoms with Crippen molar-refractivity contribution in [3.8, 4) is 0 Å². The minimum Gasteiger partial charge on any atom is -0.326 e. The summed E-state index contributed by atoms with van der Waals surface area (Å²) in [6.45, 7) is 0. The van der Waals surface area contributed by atoms with Gasteiger partial charge >= 0.3 is 0 Å². The maximum absolute atomic E-state index is 12.3. The second-order valence-corrected chi connectivity index (χ2v) is 6.25. The summed E-state index contributed by atoms with van der Waals surface area (Å²) in [7, 11) is 0. The van der Waals surface area contributed by atoms with Gasteiger partial charge in [-0.1, -0.05) is 35.9 Å². The van der Waals surface area contributed by atoms with Crippen LogP contribution in [0, 0.1) is 5.92 Å². The molecule has 1 N–H and O–H groups in total. The molecule has 0 heterocycles. The van der Waals surface area contributed by atoms with Crippen molar-refractivity contribution >= 4 is 39.1 Å². The molecule has 2 aromatic rings. The Morgan fingerprint density at radius 3 is 2.40 bits per heavy atom. The number of rotatable bonds is 2. The molecule has 0 aromatic heterocycles. The van der Waals surface area contributed by atoms with E-state index in [0.717, 1.165) is 23.0 Å². The number of halogens is 2. The molecule has 3 rings (SSSR count). The molecule has 4 heteroatoms. The molecule has 0 bridgehead atoms. The Morgan fingerprint density at radius 2 is 1.80 bits per heavy atom. The molecule has 0 fully saturated rings. The van der Waals surface area contributed by atoms with Crippen molar-refractivity contribution in [1.82, 2.24) is 0 Å². The number of carbonyl (C=O) groups is 1. The van der Waals surface area contributed by atoms with Crippen LogP contribution in [0.4, 0.5) is 5.69 Å². The summed E-state index contributed by atoms with van der Waals surface area (Å²) >= 11 is 9.31. The van der Waals surface area contributed by atoms with Crippen LogP contribution in [-0.4, -0.2) is 5.91 Å². The molecule has 0 spiro atoms. The van der Waals surface area contributed by atoms with Gasteiger partial charge in [0.05, 0.1) is 5.02 Å². The highest BCUT2D eigenvalue weighted by molar-refractivity contribution is 9.10. The second kappa shape index (κ2) is 5.58. The van der Waals surface area contributed by atoms with E-state index in [2.05, 4.69) is 33.4 Å². The molecular formula is C16H13BrClNO. The lowest BCUT2D eigenvalue weighted by molar-refractivity contribution is -0.119. The van der Waals surface area contributed by atoms with Crippen LogP contribution in [-0.2, 0) is 17.6 Å². The molecular weight excluding hydrogens is 338 g/mol. The number of nitrogens with one attached hydrogen (secondary N) is 1. The van der Waals surface area contributed by atoms with Crippen molar-refractivity contribution in [2.24, 2.45) is 5.92 Å². The Hall–Kier alpha value is -1.32. The minimum absolute atomic E-state index is 0.0156.